The summed E-state index contributed by atoms with van der Waals surface area (Å²) < 4.78 is 0.686. The van der Waals surface area contributed by atoms with E-state index in [-0.39, 0.29) is 17.5 Å². The average molecular weight is 287 g/mol. The van der Waals surface area contributed by atoms with Crippen LogP contribution in [0.5, 0.6) is 0 Å². The number of benzene rings is 1. The van der Waals surface area contributed by atoms with Gasteiger partial charge >= 0.3 is 0 Å². The van der Waals surface area contributed by atoms with Crippen molar-refractivity contribution in [1.29, 1.82) is 0 Å². The molecule has 0 saturated carbocycles. The van der Waals surface area contributed by atoms with Crippen LogP contribution in [0.25, 0.3) is 10.2 Å². The van der Waals surface area contributed by atoms with E-state index in [1.807, 2.05) is 0 Å². The number of hydrogen-bond donors (Lipinski definition) is 0. The van der Waals surface area contributed by atoms with Crippen molar-refractivity contribution in [2.45, 2.75) is 6.42 Å². The van der Waals surface area contributed by atoms with Gasteiger partial charge in [0.2, 0.25) is 5.91 Å². The third kappa shape index (κ3) is 2.00. The van der Waals surface area contributed by atoms with E-state index in [4.69, 9.17) is 6.42 Å². The van der Waals surface area contributed by atoms with Gasteiger partial charge in [0.15, 0.2) is 5.13 Å². The predicted molar refractivity (Wildman–Crippen MR) is 75.6 cm³/mol. The summed E-state index contributed by atoms with van der Waals surface area (Å²) in [6, 6.07) is 4.46. The smallest absolute Gasteiger partial charge is 0.270 e. The first-order valence-corrected chi connectivity index (χ1v) is 6.71. The highest BCUT2D eigenvalue weighted by Crippen LogP contribution is 2.34. The SMILES string of the molecule is C#CC1CC(=O)N(c2nc3ccc([N+](=O)[O-])cc3s2)C1. The van der Waals surface area contributed by atoms with Crippen LogP contribution in [0.1, 0.15) is 6.42 Å². The van der Waals surface area contributed by atoms with Crippen molar-refractivity contribution >= 4 is 38.3 Å². The number of nitro groups is 1. The average Bonchev–Trinajstić information content (AvgIpc) is 3.00. The molecule has 1 unspecified atom stereocenters. The molecule has 2 aromatic rings. The first kappa shape index (κ1) is 12.6. The molecule has 7 heteroatoms. The zero-order valence-corrected chi connectivity index (χ0v) is 11.1. The molecule has 0 spiro atoms. The maximum absolute atomic E-state index is 11.9. The Morgan fingerprint density at radius 1 is 1.55 bits per heavy atom. The third-order valence-corrected chi connectivity index (χ3v) is 4.20. The number of thiazole rings is 1. The number of nitro benzene ring substituents is 1. The van der Waals surface area contributed by atoms with Gasteiger partial charge in [0, 0.05) is 31.0 Å². The van der Waals surface area contributed by atoms with Crippen molar-refractivity contribution < 1.29 is 9.72 Å². The molecule has 1 aliphatic rings. The largest absolute Gasteiger partial charge is 0.287 e. The Bertz CT molecular complexity index is 762. The van der Waals surface area contributed by atoms with Crippen LogP contribution in [0.2, 0.25) is 0 Å². The van der Waals surface area contributed by atoms with Crippen molar-refractivity contribution in [3.63, 3.8) is 0 Å². The Labute approximate surface area is 118 Å². The van der Waals surface area contributed by atoms with Crippen molar-refractivity contribution in [2.24, 2.45) is 5.92 Å². The van der Waals surface area contributed by atoms with E-state index in [1.165, 1.54) is 23.5 Å². The van der Waals surface area contributed by atoms with Crippen LogP contribution in [0, 0.1) is 28.4 Å². The van der Waals surface area contributed by atoms with Gasteiger partial charge in [-0.3, -0.25) is 19.8 Å². The molecule has 3 rings (SSSR count). The number of rotatable bonds is 2. The van der Waals surface area contributed by atoms with Gasteiger partial charge in [0.05, 0.1) is 15.1 Å². The van der Waals surface area contributed by atoms with Gasteiger partial charge in [-0.2, -0.15) is 0 Å². The highest BCUT2D eigenvalue weighted by molar-refractivity contribution is 7.22. The van der Waals surface area contributed by atoms with Crippen LogP contribution in [0.15, 0.2) is 18.2 Å². The van der Waals surface area contributed by atoms with Crippen LogP contribution in [0.3, 0.4) is 0 Å². The number of anilines is 1. The highest BCUT2D eigenvalue weighted by atomic mass is 32.1. The summed E-state index contributed by atoms with van der Waals surface area (Å²) in [5.41, 5.74) is 0.662. The molecule has 1 saturated heterocycles. The standard InChI is InChI=1S/C13H9N3O3S/c1-2-8-5-12(17)15(7-8)13-14-10-4-3-9(16(18)19)6-11(10)20-13/h1,3-4,6,8H,5,7H2. The minimum atomic E-state index is -0.450. The topological polar surface area (TPSA) is 76.3 Å². The van der Waals surface area contributed by atoms with Crippen molar-refractivity contribution in [1.82, 2.24) is 4.98 Å². The molecular weight excluding hydrogens is 278 g/mol. The maximum Gasteiger partial charge on any atom is 0.270 e. The zero-order valence-electron chi connectivity index (χ0n) is 10.3. The summed E-state index contributed by atoms with van der Waals surface area (Å²) >= 11 is 1.26. The molecule has 1 amide bonds. The molecule has 20 heavy (non-hydrogen) atoms. The van der Waals surface area contributed by atoms with Gasteiger partial charge < -0.3 is 0 Å². The van der Waals surface area contributed by atoms with E-state index >= 15 is 0 Å². The third-order valence-electron chi connectivity index (χ3n) is 3.16. The summed E-state index contributed by atoms with van der Waals surface area (Å²) in [5.74, 6) is 2.43. The van der Waals surface area contributed by atoms with Crippen LogP contribution in [-0.4, -0.2) is 22.4 Å². The second kappa shape index (κ2) is 4.58. The number of aromatic nitrogens is 1. The number of nitrogens with zero attached hydrogens (tertiary/aromatic N) is 3. The minimum Gasteiger partial charge on any atom is -0.287 e. The fourth-order valence-corrected chi connectivity index (χ4v) is 3.16. The molecule has 1 aromatic heterocycles. The van der Waals surface area contributed by atoms with Crippen LogP contribution in [0.4, 0.5) is 10.8 Å². The van der Waals surface area contributed by atoms with Crippen LogP contribution < -0.4 is 4.90 Å². The second-order valence-corrected chi connectivity index (χ2v) is 5.49. The Morgan fingerprint density at radius 3 is 3.00 bits per heavy atom. The molecule has 100 valence electrons. The zero-order chi connectivity index (χ0) is 14.3. The summed E-state index contributed by atoms with van der Waals surface area (Å²) in [4.78, 5) is 28.1. The molecule has 6 nitrogen and oxygen atoms in total. The maximum atomic E-state index is 11.9. The lowest BCUT2D eigenvalue weighted by molar-refractivity contribution is -0.384. The first-order valence-electron chi connectivity index (χ1n) is 5.90. The Kier molecular flexibility index (Phi) is 2.88. The van der Waals surface area contributed by atoms with E-state index < -0.39 is 4.92 Å². The number of carbonyl (C=O) groups is 1. The van der Waals surface area contributed by atoms with Gasteiger partial charge in [-0.25, -0.2) is 4.98 Å². The predicted octanol–water partition coefficient (Wildman–Crippen LogP) is 2.19. The Balaban J connectivity index is 1.99. The molecule has 0 bridgehead atoms. The Hall–Kier alpha value is -2.46. The molecular formula is C13H9N3O3S. The molecule has 2 heterocycles. The fourth-order valence-electron chi connectivity index (χ4n) is 2.13. The number of terminal acetylenes is 1. The second-order valence-electron chi connectivity index (χ2n) is 4.48. The van der Waals surface area contributed by atoms with E-state index in [1.54, 1.807) is 11.0 Å². The molecule has 1 aliphatic heterocycles. The lowest BCUT2D eigenvalue weighted by atomic mass is 10.1. The van der Waals surface area contributed by atoms with Crippen LogP contribution >= 0.6 is 11.3 Å². The molecule has 0 radical (unpaired) electrons. The molecule has 0 N–H and O–H groups in total. The monoisotopic (exact) mass is 287 g/mol. The molecule has 1 aromatic carbocycles. The number of non-ortho nitro benzene ring substituents is 1. The quantitative estimate of drug-likeness (QED) is 0.482. The number of carbonyl (C=O) groups excluding carboxylic acids is 1. The van der Waals surface area contributed by atoms with Gasteiger partial charge in [0.1, 0.15) is 0 Å². The van der Waals surface area contributed by atoms with E-state index in [9.17, 15) is 14.9 Å². The van der Waals surface area contributed by atoms with Gasteiger partial charge in [0.25, 0.3) is 5.69 Å². The van der Waals surface area contributed by atoms with Crippen molar-refractivity contribution in [3.8, 4) is 12.3 Å². The molecule has 1 atom stereocenters. The summed E-state index contributed by atoms with van der Waals surface area (Å²) in [6.45, 7) is 0.456. The summed E-state index contributed by atoms with van der Waals surface area (Å²) in [5, 5.41) is 11.3. The van der Waals surface area contributed by atoms with E-state index in [2.05, 4.69) is 10.9 Å². The number of amides is 1. The first-order chi connectivity index (χ1) is 9.58. The van der Waals surface area contributed by atoms with Crippen molar-refractivity contribution in [3.05, 3.63) is 28.3 Å². The highest BCUT2D eigenvalue weighted by Gasteiger charge is 2.31. The number of fused-ring (bicyclic) bond motifs is 1. The van der Waals surface area contributed by atoms with E-state index in [0.29, 0.717) is 28.3 Å². The minimum absolute atomic E-state index is 0.0157. The normalized spacial score (nSPS) is 18.4. The van der Waals surface area contributed by atoms with Crippen molar-refractivity contribution in [2.75, 3.05) is 11.4 Å². The van der Waals surface area contributed by atoms with Gasteiger partial charge in [-0.1, -0.05) is 11.3 Å². The fraction of sp³-hybridized carbons (Fsp3) is 0.231. The molecule has 1 fully saturated rings. The summed E-state index contributed by atoms with van der Waals surface area (Å²) in [6.07, 6.45) is 5.67. The number of hydrogen-bond acceptors (Lipinski definition) is 5. The van der Waals surface area contributed by atoms with Gasteiger partial charge in [-0.05, 0) is 6.07 Å². The molecule has 0 aliphatic carbocycles. The van der Waals surface area contributed by atoms with Crippen LogP contribution in [-0.2, 0) is 4.79 Å². The lowest BCUT2D eigenvalue weighted by Crippen LogP contribution is -2.24. The lowest BCUT2D eigenvalue weighted by Gasteiger charge is -2.10. The van der Waals surface area contributed by atoms with Gasteiger partial charge in [-0.15, -0.1) is 12.3 Å². The van der Waals surface area contributed by atoms with E-state index in [0.717, 1.165) is 0 Å². The Morgan fingerprint density at radius 2 is 2.35 bits per heavy atom. The summed E-state index contributed by atoms with van der Waals surface area (Å²) in [7, 11) is 0.